The van der Waals surface area contributed by atoms with Gasteiger partial charge < -0.3 is 14.2 Å². The number of benzene rings is 4. The Hall–Kier alpha value is -3.27. The van der Waals surface area contributed by atoms with Gasteiger partial charge in [-0.3, -0.25) is 0 Å². The summed E-state index contributed by atoms with van der Waals surface area (Å²) >= 11 is 6.28. The number of halogens is 1. The number of rotatable bonds is 4. The van der Waals surface area contributed by atoms with E-state index in [1.807, 2.05) is 30.3 Å². The SMILES string of the molecule is OC(Cn1c2ccccc2c2ccccc21)Cn1c2ccccc2c2cc(Cl)ccc21. The summed E-state index contributed by atoms with van der Waals surface area (Å²) in [5.74, 6) is 0. The average Bonchev–Trinajstić information content (AvgIpc) is 3.27. The highest BCUT2D eigenvalue weighted by Crippen LogP contribution is 2.32. The predicted octanol–water partition coefficient (Wildman–Crippen LogP) is 6.62. The summed E-state index contributed by atoms with van der Waals surface area (Å²) < 4.78 is 4.44. The lowest BCUT2D eigenvalue weighted by molar-refractivity contribution is 0.140. The smallest absolute Gasteiger partial charge is 0.0898 e. The maximum atomic E-state index is 11.2. The molecule has 0 aliphatic heterocycles. The molecule has 0 radical (unpaired) electrons. The van der Waals surface area contributed by atoms with Gasteiger partial charge in [-0.1, -0.05) is 66.2 Å². The van der Waals surface area contributed by atoms with Gasteiger partial charge in [-0.2, -0.15) is 0 Å². The number of nitrogens with zero attached hydrogens (tertiary/aromatic N) is 2. The van der Waals surface area contributed by atoms with Crippen molar-refractivity contribution in [3.05, 3.63) is 96.0 Å². The van der Waals surface area contributed by atoms with Crippen LogP contribution >= 0.6 is 11.6 Å². The monoisotopic (exact) mass is 424 g/mol. The molecule has 1 N–H and O–H groups in total. The molecule has 2 heterocycles. The summed E-state index contributed by atoms with van der Waals surface area (Å²) in [5.41, 5.74) is 4.50. The van der Waals surface area contributed by atoms with Crippen molar-refractivity contribution < 1.29 is 5.11 Å². The summed E-state index contributed by atoms with van der Waals surface area (Å²) in [7, 11) is 0. The van der Waals surface area contributed by atoms with E-state index in [1.54, 1.807) is 0 Å². The number of hydrogen-bond donors (Lipinski definition) is 1. The Balaban J connectivity index is 1.44. The number of fused-ring (bicyclic) bond motifs is 6. The van der Waals surface area contributed by atoms with Crippen molar-refractivity contribution in [2.75, 3.05) is 0 Å². The molecule has 1 atom stereocenters. The average molecular weight is 425 g/mol. The number of hydrogen-bond acceptors (Lipinski definition) is 1. The Morgan fingerprint density at radius 2 is 1.00 bits per heavy atom. The Bertz CT molecular complexity index is 1520. The Kier molecular flexibility index (Phi) is 4.27. The molecule has 0 fully saturated rings. The maximum absolute atomic E-state index is 11.2. The third-order valence-corrected chi connectivity index (χ3v) is 6.44. The van der Waals surface area contributed by atoms with Crippen molar-refractivity contribution in [2.24, 2.45) is 0 Å². The second kappa shape index (κ2) is 7.16. The minimum Gasteiger partial charge on any atom is -0.389 e. The van der Waals surface area contributed by atoms with E-state index in [0.29, 0.717) is 13.1 Å². The molecule has 4 heteroatoms. The molecule has 0 saturated carbocycles. The zero-order valence-corrected chi connectivity index (χ0v) is 17.6. The molecule has 0 saturated heterocycles. The molecular weight excluding hydrogens is 404 g/mol. The van der Waals surface area contributed by atoms with Crippen LogP contribution in [0.2, 0.25) is 5.02 Å². The van der Waals surface area contributed by atoms with Gasteiger partial charge in [0.1, 0.15) is 0 Å². The minimum absolute atomic E-state index is 0.506. The van der Waals surface area contributed by atoms with Crippen LogP contribution in [0.1, 0.15) is 0 Å². The second-order valence-electron chi connectivity index (χ2n) is 8.09. The van der Waals surface area contributed by atoms with Crippen LogP contribution in [0.15, 0.2) is 91.0 Å². The summed E-state index contributed by atoms with van der Waals surface area (Å²) in [6.45, 7) is 1.03. The van der Waals surface area contributed by atoms with Crippen LogP contribution < -0.4 is 0 Å². The summed E-state index contributed by atoms with van der Waals surface area (Å²) in [6.07, 6.45) is -0.547. The van der Waals surface area contributed by atoms with Gasteiger partial charge in [0.2, 0.25) is 0 Å². The molecule has 6 aromatic rings. The van der Waals surface area contributed by atoms with E-state index in [9.17, 15) is 5.11 Å². The van der Waals surface area contributed by atoms with E-state index in [-0.39, 0.29) is 0 Å². The van der Waals surface area contributed by atoms with Gasteiger partial charge in [-0.15, -0.1) is 0 Å². The van der Waals surface area contributed by atoms with Crippen LogP contribution in [0.25, 0.3) is 43.6 Å². The van der Waals surface area contributed by atoms with Crippen molar-refractivity contribution in [3.63, 3.8) is 0 Å². The van der Waals surface area contributed by atoms with Crippen LogP contribution in [-0.4, -0.2) is 20.3 Å². The van der Waals surface area contributed by atoms with Crippen LogP contribution in [0.5, 0.6) is 0 Å². The van der Waals surface area contributed by atoms with Gasteiger partial charge in [0.05, 0.1) is 19.2 Å². The Morgan fingerprint density at radius 1 is 0.581 bits per heavy atom. The molecular formula is C27H21ClN2O. The molecule has 3 nitrogen and oxygen atoms in total. The van der Waals surface area contributed by atoms with Crippen molar-refractivity contribution in [1.82, 2.24) is 9.13 Å². The van der Waals surface area contributed by atoms with Crippen molar-refractivity contribution in [3.8, 4) is 0 Å². The highest BCUT2D eigenvalue weighted by atomic mass is 35.5. The lowest BCUT2D eigenvalue weighted by Gasteiger charge is -2.16. The van der Waals surface area contributed by atoms with E-state index in [0.717, 1.165) is 37.9 Å². The number of aliphatic hydroxyl groups excluding tert-OH is 1. The molecule has 0 aliphatic carbocycles. The predicted molar refractivity (Wildman–Crippen MR) is 130 cm³/mol. The summed E-state index contributed by atoms with van der Waals surface area (Å²) in [5, 5.41) is 16.7. The molecule has 0 bridgehead atoms. The number of para-hydroxylation sites is 3. The van der Waals surface area contributed by atoms with Crippen molar-refractivity contribution in [1.29, 1.82) is 0 Å². The molecule has 0 spiro atoms. The van der Waals surface area contributed by atoms with Gasteiger partial charge in [-0.05, 0) is 36.4 Å². The lowest BCUT2D eigenvalue weighted by Crippen LogP contribution is -2.22. The number of aromatic nitrogens is 2. The van der Waals surface area contributed by atoms with Gasteiger partial charge in [0.15, 0.2) is 0 Å². The Morgan fingerprint density at radius 3 is 1.52 bits per heavy atom. The third-order valence-electron chi connectivity index (χ3n) is 6.20. The van der Waals surface area contributed by atoms with Crippen LogP contribution in [0, 0.1) is 0 Å². The largest absolute Gasteiger partial charge is 0.389 e. The van der Waals surface area contributed by atoms with Gasteiger partial charge in [-0.25, -0.2) is 0 Å². The molecule has 6 rings (SSSR count). The number of aliphatic hydroxyl groups is 1. The van der Waals surface area contributed by atoms with E-state index >= 15 is 0 Å². The van der Waals surface area contributed by atoms with Crippen molar-refractivity contribution >= 4 is 55.2 Å². The molecule has 1 unspecified atom stereocenters. The molecule has 2 aromatic heterocycles. The van der Waals surface area contributed by atoms with Crippen LogP contribution in [0.4, 0.5) is 0 Å². The lowest BCUT2D eigenvalue weighted by atomic mass is 10.2. The maximum Gasteiger partial charge on any atom is 0.0898 e. The van der Waals surface area contributed by atoms with Crippen LogP contribution in [-0.2, 0) is 13.1 Å². The molecule has 0 aliphatic rings. The fourth-order valence-corrected chi connectivity index (χ4v) is 5.07. The third kappa shape index (κ3) is 2.93. The van der Waals surface area contributed by atoms with Gasteiger partial charge in [0.25, 0.3) is 0 Å². The fraction of sp³-hybridized carbons (Fsp3) is 0.111. The quantitative estimate of drug-likeness (QED) is 0.338. The van der Waals surface area contributed by atoms with Crippen LogP contribution in [0.3, 0.4) is 0 Å². The Labute approximate surface area is 184 Å². The zero-order valence-electron chi connectivity index (χ0n) is 16.9. The molecule has 4 aromatic carbocycles. The van der Waals surface area contributed by atoms with E-state index in [4.69, 9.17) is 11.6 Å². The second-order valence-corrected chi connectivity index (χ2v) is 8.52. The molecule has 152 valence electrons. The topological polar surface area (TPSA) is 30.1 Å². The normalized spacial score (nSPS) is 13.0. The summed E-state index contributed by atoms with van der Waals surface area (Å²) in [6, 6.07) is 31.1. The van der Waals surface area contributed by atoms with E-state index in [2.05, 4.69) is 69.8 Å². The highest BCUT2D eigenvalue weighted by Gasteiger charge is 2.17. The molecule has 31 heavy (non-hydrogen) atoms. The highest BCUT2D eigenvalue weighted by molar-refractivity contribution is 6.31. The first kappa shape index (κ1) is 18.5. The van der Waals surface area contributed by atoms with E-state index < -0.39 is 6.10 Å². The summed E-state index contributed by atoms with van der Waals surface area (Å²) in [4.78, 5) is 0. The van der Waals surface area contributed by atoms with E-state index in [1.165, 1.54) is 10.8 Å². The first-order valence-electron chi connectivity index (χ1n) is 10.5. The standard InChI is InChI=1S/C27H21ClN2O/c28-18-13-14-27-23(15-18)22-9-3-6-12-26(22)30(27)17-19(31)16-29-24-10-4-1-7-20(24)21-8-2-5-11-25(21)29/h1-15,19,31H,16-17H2. The van der Waals surface area contributed by atoms with Gasteiger partial charge >= 0.3 is 0 Å². The zero-order chi connectivity index (χ0) is 20.9. The fourth-order valence-electron chi connectivity index (χ4n) is 4.90. The van der Waals surface area contributed by atoms with Gasteiger partial charge in [0, 0.05) is 48.6 Å². The first-order chi connectivity index (χ1) is 15.2. The first-order valence-corrected chi connectivity index (χ1v) is 10.9. The molecule has 0 amide bonds. The van der Waals surface area contributed by atoms with Crippen molar-refractivity contribution in [2.45, 2.75) is 19.2 Å². The minimum atomic E-state index is -0.547.